The number of pyridine rings is 1. The fraction of sp³-hybridized carbons (Fsp3) is 0.444. The van der Waals surface area contributed by atoms with Crippen LogP contribution in [0.5, 0.6) is 0 Å². The minimum atomic E-state index is -0.616. The molecule has 3 aliphatic carbocycles. The van der Waals surface area contributed by atoms with Gasteiger partial charge in [-0.2, -0.15) is 9.49 Å². The first-order chi connectivity index (χ1) is 16.5. The lowest BCUT2D eigenvalue weighted by atomic mass is 9.53. The molecule has 1 amide bonds. The number of fused-ring (bicyclic) bond motifs is 7. The summed E-state index contributed by atoms with van der Waals surface area (Å²) in [5.41, 5.74) is 4.38. The molecule has 2 N–H and O–H groups in total. The first kappa shape index (κ1) is 21.4. The van der Waals surface area contributed by atoms with Crippen LogP contribution in [0.4, 0.5) is 14.6 Å². The van der Waals surface area contributed by atoms with Gasteiger partial charge in [-0.15, -0.1) is 0 Å². The topological polar surface area (TPSA) is 70.7 Å². The van der Waals surface area contributed by atoms with Crippen LogP contribution in [0.25, 0.3) is 0 Å². The summed E-state index contributed by atoms with van der Waals surface area (Å²) in [6.07, 6.45) is 6.76. The van der Waals surface area contributed by atoms with Crippen molar-refractivity contribution in [1.82, 2.24) is 15.2 Å². The number of nitrogens with zero attached hydrogens (tertiary/aromatic N) is 2. The van der Waals surface area contributed by atoms with E-state index in [1.807, 2.05) is 12.3 Å². The highest BCUT2D eigenvalue weighted by Gasteiger charge is 2.58. The molecule has 3 aliphatic rings. The van der Waals surface area contributed by atoms with Crippen molar-refractivity contribution in [3.8, 4) is 0 Å². The Morgan fingerprint density at radius 1 is 1.18 bits per heavy atom. The standard InChI is InChI=1S/C27H28F2N4O/c1-27-13-12-16-15-4-2-5-21(28)17(15)8-9-18(16)25(27)19(20-14-30-33-26(20)27)10-11-24(34)32-23-7-3-6-22(29)31-23/h2-7,14,16,18-19,25H,8-13H2,1H3,(H,30,33)(H,31,32,34)/t16?,18?,19-,25?,27+/m1/s1. The smallest absolute Gasteiger partial charge is 0.225 e. The Kier molecular flexibility index (Phi) is 5.04. The van der Waals surface area contributed by atoms with E-state index in [9.17, 15) is 13.6 Å². The molecule has 0 saturated heterocycles. The van der Waals surface area contributed by atoms with E-state index in [-0.39, 0.29) is 28.9 Å². The maximum atomic E-state index is 14.5. The van der Waals surface area contributed by atoms with Gasteiger partial charge in [0.2, 0.25) is 11.9 Å². The highest BCUT2D eigenvalue weighted by atomic mass is 19.1. The number of hydrogen-bond donors (Lipinski definition) is 2. The summed E-state index contributed by atoms with van der Waals surface area (Å²) in [6.45, 7) is 2.32. The molecule has 5 nitrogen and oxygen atoms in total. The van der Waals surface area contributed by atoms with Gasteiger partial charge in [-0.25, -0.2) is 9.37 Å². The SMILES string of the molecule is C[C@]12CCC3c4cccc(F)c4CCC3C1[C@H](CCC(=O)Nc1cccc(F)n1)c1c[nH]nc12. The van der Waals surface area contributed by atoms with E-state index in [2.05, 4.69) is 33.5 Å². The molecule has 3 aromatic rings. The van der Waals surface area contributed by atoms with Crippen molar-refractivity contribution in [2.45, 2.75) is 62.7 Å². The van der Waals surface area contributed by atoms with Crippen molar-refractivity contribution in [3.05, 3.63) is 76.7 Å². The molecule has 2 heterocycles. The molecule has 6 rings (SSSR count). The van der Waals surface area contributed by atoms with Crippen LogP contribution in [0, 0.1) is 23.6 Å². The van der Waals surface area contributed by atoms with Gasteiger partial charge in [0.05, 0.1) is 5.69 Å². The number of nitrogens with one attached hydrogen (secondary N) is 2. The summed E-state index contributed by atoms with van der Waals surface area (Å²) in [5, 5.41) is 10.5. The Balaban J connectivity index is 1.27. The summed E-state index contributed by atoms with van der Waals surface area (Å²) in [6, 6.07) is 9.90. The van der Waals surface area contributed by atoms with E-state index in [4.69, 9.17) is 0 Å². The van der Waals surface area contributed by atoms with Crippen LogP contribution in [0.3, 0.4) is 0 Å². The van der Waals surface area contributed by atoms with Crippen molar-refractivity contribution in [2.75, 3.05) is 5.32 Å². The molecule has 176 valence electrons. The minimum Gasteiger partial charge on any atom is -0.311 e. The predicted octanol–water partition coefficient (Wildman–Crippen LogP) is 5.61. The van der Waals surface area contributed by atoms with E-state index in [0.29, 0.717) is 30.6 Å². The molecule has 0 aliphatic heterocycles. The fourth-order valence-corrected chi connectivity index (χ4v) is 7.38. The zero-order valence-corrected chi connectivity index (χ0v) is 19.2. The second-order valence-electron chi connectivity index (χ2n) is 10.3. The van der Waals surface area contributed by atoms with Gasteiger partial charge in [0, 0.05) is 18.0 Å². The largest absolute Gasteiger partial charge is 0.311 e. The molecule has 7 heteroatoms. The van der Waals surface area contributed by atoms with Crippen molar-refractivity contribution >= 4 is 11.7 Å². The Bertz CT molecular complexity index is 1260. The van der Waals surface area contributed by atoms with Gasteiger partial charge in [-0.05, 0) is 90.7 Å². The highest BCUT2D eigenvalue weighted by molar-refractivity contribution is 5.89. The third-order valence-electron chi connectivity index (χ3n) is 8.68. The number of hydrogen-bond acceptors (Lipinski definition) is 3. The number of halogens is 2. The van der Waals surface area contributed by atoms with Crippen LogP contribution in [0.1, 0.15) is 73.2 Å². The molecular weight excluding hydrogens is 434 g/mol. The Morgan fingerprint density at radius 3 is 2.88 bits per heavy atom. The lowest BCUT2D eigenvalue weighted by Crippen LogP contribution is -2.44. The fourth-order valence-electron chi connectivity index (χ4n) is 7.38. The lowest BCUT2D eigenvalue weighted by Gasteiger charge is -2.50. The van der Waals surface area contributed by atoms with Crippen LogP contribution >= 0.6 is 0 Å². The molecule has 1 fully saturated rings. The minimum absolute atomic E-state index is 0.0490. The summed E-state index contributed by atoms with van der Waals surface area (Å²) in [4.78, 5) is 16.5. The van der Waals surface area contributed by atoms with Crippen LogP contribution in [-0.4, -0.2) is 21.1 Å². The van der Waals surface area contributed by atoms with Crippen molar-refractivity contribution in [1.29, 1.82) is 0 Å². The van der Waals surface area contributed by atoms with Gasteiger partial charge in [0.25, 0.3) is 0 Å². The quantitative estimate of drug-likeness (QED) is 0.495. The van der Waals surface area contributed by atoms with Gasteiger partial charge >= 0.3 is 0 Å². The number of carbonyl (C=O) groups is 1. The van der Waals surface area contributed by atoms with Crippen LogP contribution in [0.15, 0.2) is 42.6 Å². The van der Waals surface area contributed by atoms with E-state index in [1.54, 1.807) is 12.1 Å². The summed E-state index contributed by atoms with van der Waals surface area (Å²) >= 11 is 0. The molecule has 3 unspecified atom stereocenters. The molecule has 0 bridgehead atoms. The molecule has 1 saturated carbocycles. The maximum Gasteiger partial charge on any atom is 0.225 e. The van der Waals surface area contributed by atoms with Crippen molar-refractivity contribution in [3.63, 3.8) is 0 Å². The molecule has 5 atom stereocenters. The second kappa shape index (κ2) is 8.00. The van der Waals surface area contributed by atoms with E-state index >= 15 is 0 Å². The zero-order chi connectivity index (χ0) is 23.4. The number of amides is 1. The van der Waals surface area contributed by atoms with Crippen molar-refractivity contribution < 1.29 is 13.6 Å². The molecule has 2 aromatic heterocycles. The van der Waals surface area contributed by atoms with Gasteiger partial charge in [0.1, 0.15) is 11.6 Å². The number of rotatable bonds is 4. The van der Waals surface area contributed by atoms with Crippen LogP contribution in [0.2, 0.25) is 0 Å². The van der Waals surface area contributed by atoms with Crippen molar-refractivity contribution in [2.24, 2.45) is 11.8 Å². The molecule has 34 heavy (non-hydrogen) atoms. The first-order valence-electron chi connectivity index (χ1n) is 12.2. The summed E-state index contributed by atoms with van der Waals surface area (Å²) < 4.78 is 27.9. The molecule has 1 aromatic carbocycles. The maximum absolute atomic E-state index is 14.5. The number of carbonyl (C=O) groups excluding carboxylic acids is 1. The Morgan fingerprint density at radius 2 is 2.03 bits per heavy atom. The van der Waals surface area contributed by atoms with E-state index in [0.717, 1.165) is 36.9 Å². The first-order valence-corrected chi connectivity index (χ1v) is 12.2. The third kappa shape index (κ3) is 3.28. The second-order valence-corrected chi connectivity index (χ2v) is 10.3. The number of H-pyrrole nitrogens is 1. The Hall–Kier alpha value is -3.09. The van der Waals surface area contributed by atoms with Crippen LogP contribution in [-0.2, 0) is 16.6 Å². The average molecular weight is 463 g/mol. The zero-order valence-electron chi connectivity index (χ0n) is 19.2. The van der Waals surface area contributed by atoms with E-state index < -0.39 is 5.95 Å². The van der Waals surface area contributed by atoms with Gasteiger partial charge in [0.15, 0.2) is 0 Å². The Labute approximate surface area is 197 Å². The molecule has 0 radical (unpaired) electrons. The highest BCUT2D eigenvalue weighted by Crippen LogP contribution is 2.64. The van der Waals surface area contributed by atoms with Gasteiger partial charge in [-0.1, -0.05) is 25.1 Å². The third-order valence-corrected chi connectivity index (χ3v) is 8.68. The summed E-state index contributed by atoms with van der Waals surface area (Å²) in [5.74, 6) is 0.702. The summed E-state index contributed by atoms with van der Waals surface area (Å²) in [7, 11) is 0. The average Bonchev–Trinajstić information content (AvgIpc) is 3.39. The number of anilines is 1. The van der Waals surface area contributed by atoms with E-state index in [1.165, 1.54) is 23.3 Å². The molecule has 0 spiro atoms. The normalized spacial score (nSPS) is 29.0. The number of aromatic amines is 1. The molecular formula is C27H28F2N4O. The predicted molar refractivity (Wildman–Crippen MR) is 124 cm³/mol. The van der Waals surface area contributed by atoms with Crippen LogP contribution < -0.4 is 5.32 Å². The van der Waals surface area contributed by atoms with Gasteiger partial charge < -0.3 is 5.32 Å². The lowest BCUT2D eigenvalue weighted by molar-refractivity contribution is -0.116. The number of aromatic nitrogens is 3. The van der Waals surface area contributed by atoms with Gasteiger partial charge in [-0.3, -0.25) is 9.89 Å². The number of benzene rings is 1. The monoisotopic (exact) mass is 462 g/mol.